The molecular weight excluding hydrogens is 297 g/mol. The third kappa shape index (κ3) is 5.29. The largest absolute Gasteiger partial charge is 0.496 e. The molecule has 0 aliphatic rings. The maximum atomic E-state index is 13.0. The molecule has 0 bridgehead atoms. The number of methoxy groups -OCH3 is 1. The van der Waals surface area contributed by atoms with Gasteiger partial charge >= 0.3 is 0 Å². The molecule has 0 heterocycles. The van der Waals surface area contributed by atoms with Gasteiger partial charge in [-0.15, -0.1) is 0 Å². The number of rotatable bonds is 7. The van der Waals surface area contributed by atoms with Gasteiger partial charge in [0.2, 0.25) is 0 Å². The van der Waals surface area contributed by atoms with Gasteiger partial charge in [0.05, 0.1) is 7.11 Å². The average Bonchev–Trinajstić information content (AvgIpc) is 2.53. The molecule has 2 aromatic rings. The van der Waals surface area contributed by atoms with Crippen LogP contribution in [0.25, 0.3) is 0 Å². The van der Waals surface area contributed by atoms with Crippen molar-refractivity contribution in [2.75, 3.05) is 20.3 Å². The molecule has 0 spiro atoms. The molecule has 5 heteroatoms. The van der Waals surface area contributed by atoms with Crippen molar-refractivity contribution in [3.63, 3.8) is 0 Å². The first kappa shape index (κ1) is 16.8. The fourth-order valence-electron chi connectivity index (χ4n) is 2.20. The molecule has 23 heavy (non-hydrogen) atoms. The summed E-state index contributed by atoms with van der Waals surface area (Å²) in [5.74, 6) is 0.497. The van der Waals surface area contributed by atoms with Crippen molar-refractivity contribution in [3.05, 3.63) is 59.4 Å². The first-order valence-corrected chi connectivity index (χ1v) is 7.37. The van der Waals surface area contributed by atoms with Gasteiger partial charge in [0, 0.05) is 12.6 Å². The molecule has 0 atom stereocenters. The summed E-state index contributed by atoms with van der Waals surface area (Å²) in [5, 5.41) is 2.77. The Morgan fingerprint density at radius 3 is 2.78 bits per heavy atom. The Morgan fingerprint density at radius 2 is 2.04 bits per heavy atom. The summed E-state index contributed by atoms with van der Waals surface area (Å²) in [5.41, 5.74) is 2.18. The number of nitrogens with one attached hydrogen (secondary N) is 1. The summed E-state index contributed by atoms with van der Waals surface area (Å²) in [6.07, 6.45) is 0.663. The van der Waals surface area contributed by atoms with E-state index in [1.165, 1.54) is 18.2 Å². The Balaban J connectivity index is 1.78. The summed E-state index contributed by atoms with van der Waals surface area (Å²) < 4.78 is 23.5. The lowest BCUT2D eigenvalue weighted by atomic mass is 10.1. The molecule has 0 fully saturated rings. The van der Waals surface area contributed by atoms with Gasteiger partial charge in [0.15, 0.2) is 6.61 Å². The molecular formula is C18H20FNO3. The van der Waals surface area contributed by atoms with Crippen LogP contribution in [-0.4, -0.2) is 26.2 Å². The molecule has 4 nitrogen and oxygen atoms in total. The van der Waals surface area contributed by atoms with Crippen molar-refractivity contribution < 1.29 is 18.7 Å². The van der Waals surface area contributed by atoms with E-state index in [0.717, 1.165) is 16.9 Å². The molecule has 0 saturated carbocycles. The number of hydrogen-bond donors (Lipinski definition) is 1. The van der Waals surface area contributed by atoms with Crippen LogP contribution in [-0.2, 0) is 11.2 Å². The summed E-state index contributed by atoms with van der Waals surface area (Å²) in [6, 6.07) is 11.6. The van der Waals surface area contributed by atoms with Gasteiger partial charge in [-0.05, 0) is 37.1 Å². The normalized spacial score (nSPS) is 10.2. The van der Waals surface area contributed by atoms with Crippen LogP contribution in [0.4, 0.5) is 4.39 Å². The Morgan fingerprint density at radius 1 is 1.22 bits per heavy atom. The number of carbonyl (C=O) groups excluding carboxylic acids is 1. The predicted molar refractivity (Wildman–Crippen MR) is 86.3 cm³/mol. The Bertz CT molecular complexity index is 673. The maximum absolute atomic E-state index is 13.0. The monoisotopic (exact) mass is 317 g/mol. The van der Waals surface area contributed by atoms with Crippen molar-refractivity contribution >= 4 is 5.91 Å². The highest BCUT2D eigenvalue weighted by molar-refractivity contribution is 5.77. The molecule has 0 saturated heterocycles. The SMILES string of the molecule is COc1ccc(C)cc1CCNC(=O)COc1cccc(F)c1. The molecule has 0 aliphatic heterocycles. The number of hydrogen-bond acceptors (Lipinski definition) is 3. The third-order valence-electron chi connectivity index (χ3n) is 3.32. The Kier molecular flexibility index (Phi) is 5.97. The molecule has 122 valence electrons. The number of benzene rings is 2. The van der Waals surface area contributed by atoms with Crippen LogP contribution in [0.2, 0.25) is 0 Å². The zero-order valence-corrected chi connectivity index (χ0v) is 13.3. The zero-order chi connectivity index (χ0) is 16.7. The standard InChI is InChI=1S/C18H20FNO3/c1-13-6-7-17(22-2)14(10-13)8-9-20-18(21)12-23-16-5-3-4-15(19)11-16/h3-7,10-11H,8-9,12H2,1-2H3,(H,20,21). The van der Waals surface area contributed by atoms with Crippen LogP contribution in [0.3, 0.4) is 0 Å². The van der Waals surface area contributed by atoms with E-state index in [0.29, 0.717) is 18.7 Å². The molecule has 1 amide bonds. The summed E-state index contributed by atoms with van der Waals surface area (Å²) in [4.78, 5) is 11.8. The molecule has 0 aliphatic carbocycles. The molecule has 0 aromatic heterocycles. The number of amides is 1. The van der Waals surface area contributed by atoms with Crippen molar-refractivity contribution in [3.8, 4) is 11.5 Å². The molecule has 2 aromatic carbocycles. The molecule has 0 radical (unpaired) electrons. The number of halogens is 1. The van der Waals surface area contributed by atoms with Crippen molar-refractivity contribution in [2.24, 2.45) is 0 Å². The van der Waals surface area contributed by atoms with E-state index in [1.54, 1.807) is 13.2 Å². The summed E-state index contributed by atoms with van der Waals surface area (Å²) in [6.45, 7) is 2.34. The highest BCUT2D eigenvalue weighted by Crippen LogP contribution is 2.19. The number of aryl methyl sites for hydroxylation is 1. The fourth-order valence-corrected chi connectivity index (χ4v) is 2.20. The molecule has 1 N–H and O–H groups in total. The van der Waals surface area contributed by atoms with E-state index >= 15 is 0 Å². The lowest BCUT2D eigenvalue weighted by Gasteiger charge is -2.11. The quantitative estimate of drug-likeness (QED) is 0.854. The topological polar surface area (TPSA) is 47.6 Å². The van der Waals surface area contributed by atoms with Crippen molar-refractivity contribution in [1.29, 1.82) is 0 Å². The van der Waals surface area contributed by atoms with Crippen LogP contribution in [0.15, 0.2) is 42.5 Å². The first-order chi connectivity index (χ1) is 11.1. The zero-order valence-electron chi connectivity index (χ0n) is 13.3. The minimum atomic E-state index is -0.394. The van der Waals surface area contributed by atoms with Gasteiger partial charge in [-0.2, -0.15) is 0 Å². The van der Waals surface area contributed by atoms with Gasteiger partial charge in [0.25, 0.3) is 5.91 Å². The summed E-state index contributed by atoms with van der Waals surface area (Å²) >= 11 is 0. The van der Waals surface area contributed by atoms with Crippen LogP contribution < -0.4 is 14.8 Å². The van der Waals surface area contributed by atoms with Gasteiger partial charge in [0.1, 0.15) is 17.3 Å². The van der Waals surface area contributed by atoms with E-state index in [1.807, 2.05) is 25.1 Å². The van der Waals surface area contributed by atoms with E-state index in [2.05, 4.69) is 5.32 Å². The van der Waals surface area contributed by atoms with Crippen LogP contribution >= 0.6 is 0 Å². The minimum Gasteiger partial charge on any atom is -0.496 e. The Hall–Kier alpha value is -2.56. The third-order valence-corrected chi connectivity index (χ3v) is 3.32. The second kappa shape index (κ2) is 8.17. The number of carbonyl (C=O) groups is 1. The van der Waals surface area contributed by atoms with Gasteiger partial charge < -0.3 is 14.8 Å². The number of ether oxygens (including phenoxy) is 2. The smallest absolute Gasteiger partial charge is 0.257 e. The van der Waals surface area contributed by atoms with Crippen LogP contribution in [0, 0.1) is 12.7 Å². The Labute approximate surface area is 135 Å². The predicted octanol–water partition coefficient (Wildman–Crippen LogP) is 2.88. The van der Waals surface area contributed by atoms with E-state index in [4.69, 9.17) is 9.47 Å². The summed E-state index contributed by atoms with van der Waals surface area (Å²) in [7, 11) is 1.62. The second-order valence-corrected chi connectivity index (χ2v) is 5.16. The lowest BCUT2D eigenvalue weighted by molar-refractivity contribution is -0.123. The van der Waals surface area contributed by atoms with Crippen LogP contribution in [0.1, 0.15) is 11.1 Å². The highest BCUT2D eigenvalue weighted by atomic mass is 19.1. The lowest BCUT2D eigenvalue weighted by Crippen LogP contribution is -2.30. The second-order valence-electron chi connectivity index (χ2n) is 5.16. The highest BCUT2D eigenvalue weighted by Gasteiger charge is 2.06. The van der Waals surface area contributed by atoms with Gasteiger partial charge in [-0.25, -0.2) is 4.39 Å². The van der Waals surface area contributed by atoms with E-state index < -0.39 is 5.82 Å². The fraction of sp³-hybridized carbons (Fsp3) is 0.278. The first-order valence-electron chi connectivity index (χ1n) is 7.37. The minimum absolute atomic E-state index is 0.144. The van der Waals surface area contributed by atoms with Crippen LogP contribution in [0.5, 0.6) is 11.5 Å². The molecule has 0 unspecified atom stereocenters. The van der Waals surface area contributed by atoms with Crippen molar-refractivity contribution in [2.45, 2.75) is 13.3 Å². The van der Waals surface area contributed by atoms with Crippen molar-refractivity contribution in [1.82, 2.24) is 5.32 Å². The molecule has 2 rings (SSSR count). The average molecular weight is 317 g/mol. The van der Waals surface area contributed by atoms with E-state index in [-0.39, 0.29) is 12.5 Å². The maximum Gasteiger partial charge on any atom is 0.257 e. The van der Waals surface area contributed by atoms with E-state index in [9.17, 15) is 9.18 Å². The van der Waals surface area contributed by atoms with Gasteiger partial charge in [-0.3, -0.25) is 4.79 Å². The van der Waals surface area contributed by atoms with Gasteiger partial charge in [-0.1, -0.05) is 23.8 Å².